The van der Waals surface area contributed by atoms with Gasteiger partial charge in [0.05, 0.1) is 19.8 Å². The van der Waals surface area contributed by atoms with Crippen molar-refractivity contribution >= 4 is 0 Å². The van der Waals surface area contributed by atoms with E-state index in [1.807, 2.05) is 13.0 Å². The normalized spacial score (nSPS) is 18.2. The van der Waals surface area contributed by atoms with Crippen molar-refractivity contribution in [2.45, 2.75) is 45.8 Å². The summed E-state index contributed by atoms with van der Waals surface area (Å²) in [4.78, 5) is 2.44. The number of piperidine rings is 1. The Bertz CT molecular complexity index is 454. The van der Waals surface area contributed by atoms with E-state index in [0.29, 0.717) is 12.5 Å². The molecule has 0 amide bonds. The minimum Gasteiger partial charge on any atom is -0.493 e. The zero-order chi connectivity index (χ0) is 15.9. The van der Waals surface area contributed by atoms with Gasteiger partial charge in [-0.2, -0.15) is 0 Å². The van der Waals surface area contributed by atoms with E-state index < -0.39 is 0 Å². The third-order valence-corrected chi connectivity index (χ3v) is 4.41. The number of rotatable bonds is 7. The van der Waals surface area contributed by atoms with Gasteiger partial charge in [-0.3, -0.25) is 4.90 Å². The molecule has 4 nitrogen and oxygen atoms in total. The topological polar surface area (TPSA) is 41.9 Å². The van der Waals surface area contributed by atoms with Crippen molar-refractivity contribution < 1.29 is 14.6 Å². The van der Waals surface area contributed by atoms with E-state index in [-0.39, 0.29) is 6.10 Å². The molecule has 4 heteroatoms. The molecule has 1 saturated heterocycles. The summed E-state index contributed by atoms with van der Waals surface area (Å²) in [6.45, 7) is 7.73. The minimum absolute atomic E-state index is 0.183. The second-order valence-corrected chi connectivity index (χ2v) is 6.19. The predicted molar refractivity (Wildman–Crippen MR) is 88.5 cm³/mol. The van der Waals surface area contributed by atoms with Crippen LogP contribution in [-0.2, 0) is 6.54 Å². The third-order valence-electron chi connectivity index (χ3n) is 4.41. The van der Waals surface area contributed by atoms with E-state index in [4.69, 9.17) is 9.47 Å². The highest BCUT2D eigenvalue weighted by Gasteiger charge is 2.22. The van der Waals surface area contributed by atoms with E-state index in [1.165, 1.54) is 5.56 Å². The standard InChI is InChI=1S/C18H29NO3/c1-4-11-22-17-6-5-15(12-18(17)21-3)13-19-9-7-16(8-10-19)14(2)20/h5-6,12,14,16,20H,4,7-11,13H2,1-3H3/t14-/m0/s1. The predicted octanol–water partition coefficient (Wildman–Crippen LogP) is 3.08. The van der Waals surface area contributed by atoms with Gasteiger partial charge in [0, 0.05) is 6.54 Å². The fraction of sp³-hybridized carbons (Fsp3) is 0.667. The van der Waals surface area contributed by atoms with Gasteiger partial charge < -0.3 is 14.6 Å². The lowest BCUT2D eigenvalue weighted by molar-refractivity contribution is 0.0695. The van der Waals surface area contributed by atoms with Gasteiger partial charge in [-0.25, -0.2) is 0 Å². The average Bonchev–Trinajstić information content (AvgIpc) is 2.54. The van der Waals surface area contributed by atoms with Gasteiger partial charge in [-0.1, -0.05) is 13.0 Å². The quantitative estimate of drug-likeness (QED) is 0.840. The number of aliphatic hydroxyl groups is 1. The first-order chi connectivity index (χ1) is 10.6. The van der Waals surface area contributed by atoms with Crippen molar-refractivity contribution in [2.75, 3.05) is 26.8 Å². The van der Waals surface area contributed by atoms with E-state index in [1.54, 1.807) is 7.11 Å². The third kappa shape index (κ3) is 4.62. The van der Waals surface area contributed by atoms with E-state index in [9.17, 15) is 5.11 Å². The van der Waals surface area contributed by atoms with Gasteiger partial charge >= 0.3 is 0 Å². The van der Waals surface area contributed by atoms with E-state index in [0.717, 1.165) is 50.4 Å². The zero-order valence-electron chi connectivity index (χ0n) is 14.0. The molecule has 0 spiro atoms. The van der Waals surface area contributed by atoms with Crippen molar-refractivity contribution in [1.82, 2.24) is 4.90 Å². The lowest BCUT2D eigenvalue weighted by Crippen LogP contribution is -2.36. The molecule has 1 aromatic carbocycles. The van der Waals surface area contributed by atoms with E-state index in [2.05, 4.69) is 24.0 Å². The van der Waals surface area contributed by atoms with Gasteiger partial charge in [-0.15, -0.1) is 0 Å². The number of benzene rings is 1. The first-order valence-electron chi connectivity index (χ1n) is 8.34. The van der Waals surface area contributed by atoms with Gasteiger partial charge in [0.1, 0.15) is 0 Å². The van der Waals surface area contributed by atoms with Crippen LogP contribution in [0, 0.1) is 5.92 Å². The molecule has 1 aliphatic heterocycles. The van der Waals surface area contributed by atoms with Crippen LogP contribution in [0.2, 0.25) is 0 Å². The summed E-state index contributed by atoms with van der Waals surface area (Å²) < 4.78 is 11.1. The first kappa shape index (κ1) is 17.1. The Labute approximate surface area is 134 Å². The second-order valence-electron chi connectivity index (χ2n) is 6.19. The van der Waals surface area contributed by atoms with Gasteiger partial charge in [0.25, 0.3) is 0 Å². The highest BCUT2D eigenvalue weighted by molar-refractivity contribution is 5.43. The van der Waals surface area contributed by atoms with E-state index >= 15 is 0 Å². The summed E-state index contributed by atoms with van der Waals surface area (Å²) in [6.07, 6.45) is 2.96. The molecule has 1 aliphatic rings. The Balaban J connectivity index is 1.93. The number of aliphatic hydroxyl groups excluding tert-OH is 1. The minimum atomic E-state index is -0.183. The van der Waals surface area contributed by atoms with Crippen molar-refractivity contribution in [3.8, 4) is 11.5 Å². The molecule has 0 unspecified atom stereocenters. The Kier molecular flexibility index (Phi) is 6.52. The number of hydrogen-bond acceptors (Lipinski definition) is 4. The lowest BCUT2D eigenvalue weighted by atomic mass is 9.92. The van der Waals surface area contributed by atoms with Crippen LogP contribution in [0.3, 0.4) is 0 Å². The molecule has 0 aliphatic carbocycles. The molecule has 2 rings (SSSR count). The first-order valence-corrected chi connectivity index (χ1v) is 8.34. The summed E-state index contributed by atoms with van der Waals surface area (Å²) in [5.74, 6) is 2.08. The largest absolute Gasteiger partial charge is 0.493 e. The molecule has 0 aromatic heterocycles. The van der Waals surface area contributed by atoms with Crippen LogP contribution in [0.25, 0.3) is 0 Å². The molecule has 0 radical (unpaired) electrons. The molecular formula is C18H29NO3. The monoisotopic (exact) mass is 307 g/mol. The number of hydrogen-bond donors (Lipinski definition) is 1. The molecule has 1 heterocycles. The van der Waals surface area contributed by atoms with Crippen molar-refractivity contribution in [3.05, 3.63) is 23.8 Å². The Morgan fingerprint density at radius 2 is 2.00 bits per heavy atom. The van der Waals surface area contributed by atoms with Gasteiger partial charge in [0.2, 0.25) is 0 Å². The van der Waals surface area contributed by atoms with Crippen LogP contribution < -0.4 is 9.47 Å². The van der Waals surface area contributed by atoms with Crippen LogP contribution in [0.4, 0.5) is 0 Å². The maximum absolute atomic E-state index is 9.67. The summed E-state index contributed by atoms with van der Waals surface area (Å²) >= 11 is 0. The molecule has 1 atom stereocenters. The molecular weight excluding hydrogens is 278 g/mol. The van der Waals surface area contributed by atoms with Crippen LogP contribution in [0.15, 0.2) is 18.2 Å². The highest BCUT2D eigenvalue weighted by atomic mass is 16.5. The molecule has 0 bridgehead atoms. The van der Waals surface area contributed by atoms with Gasteiger partial charge in [0.15, 0.2) is 11.5 Å². The van der Waals surface area contributed by atoms with Crippen molar-refractivity contribution in [1.29, 1.82) is 0 Å². The van der Waals surface area contributed by atoms with Crippen LogP contribution in [0.5, 0.6) is 11.5 Å². The number of ether oxygens (including phenoxy) is 2. The average molecular weight is 307 g/mol. The fourth-order valence-electron chi connectivity index (χ4n) is 2.99. The number of methoxy groups -OCH3 is 1. The molecule has 124 valence electrons. The molecule has 1 aromatic rings. The van der Waals surface area contributed by atoms with Crippen LogP contribution >= 0.6 is 0 Å². The maximum atomic E-state index is 9.67. The van der Waals surface area contributed by atoms with Gasteiger partial charge in [-0.05, 0) is 62.9 Å². The maximum Gasteiger partial charge on any atom is 0.161 e. The lowest BCUT2D eigenvalue weighted by Gasteiger charge is -2.33. The number of likely N-dealkylation sites (tertiary alicyclic amines) is 1. The molecule has 1 N–H and O–H groups in total. The Morgan fingerprint density at radius 1 is 1.27 bits per heavy atom. The molecule has 0 saturated carbocycles. The zero-order valence-corrected chi connectivity index (χ0v) is 14.0. The molecule has 1 fully saturated rings. The fourth-order valence-corrected chi connectivity index (χ4v) is 2.99. The SMILES string of the molecule is CCCOc1ccc(CN2CCC([C@H](C)O)CC2)cc1OC. The Morgan fingerprint density at radius 3 is 2.59 bits per heavy atom. The molecule has 22 heavy (non-hydrogen) atoms. The summed E-state index contributed by atoms with van der Waals surface area (Å²) in [7, 11) is 1.69. The number of nitrogens with zero attached hydrogens (tertiary/aromatic N) is 1. The van der Waals surface area contributed by atoms with Crippen LogP contribution in [0.1, 0.15) is 38.7 Å². The highest BCUT2D eigenvalue weighted by Crippen LogP contribution is 2.29. The summed E-state index contributed by atoms with van der Waals surface area (Å²) in [6, 6.07) is 6.20. The smallest absolute Gasteiger partial charge is 0.161 e. The summed E-state index contributed by atoms with van der Waals surface area (Å²) in [5.41, 5.74) is 1.25. The summed E-state index contributed by atoms with van der Waals surface area (Å²) in [5, 5.41) is 9.67. The Hall–Kier alpha value is -1.26. The van der Waals surface area contributed by atoms with Crippen molar-refractivity contribution in [2.24, 2.45) is 5.92 Å². The van der Waals surface area contributed by atoms with Crippen molar-refractivity contribution in [3.63, 3.8) is 0 Å². The second kappa shape index (κ2) is 8.39. The van der Waals surface area contributed by atoms with Crippen LogP contribution in [-0.4, -0.2) is 42.9 Å².